The van der Waals surface area contributed by atoms with Crippen molar-refractivity contribution in [2.75, 3.05) is 5.32 Å². The number of nitrogens with one attached hydrogen (secondary N) is 1. The Balaban J connectivity index is 1.78. The molecule has 96 valence electrons. The van der Waals surface area contributed by atoms with Gasteiger partial charge in [-0.25, -0.2) is 9.97 Å². The van der Waals surface area contributed by atoms with Crippen molar-refractivity contribution < 1.29 is 0 Å². The number of rotatable bonds is 3. The highest BCUT2D eigenvalue weighted by Crippen LogP contribution is 2.12. The van der Waals surface area contributed by atoms with Crippen molar-refractivity contribution in [3.63, 3.8) is 0 Å². The molecule has 0 saturated carbocycles. The van der Waals surface area contributed by atoms with Gasteiger partial charge < -0.3 is 9.72 Å². The maximum absolute atomic E-state index is 5.94. The molecule has 3 heterocycles. The zero-order chi connectivity index (χ0) is 13.2. The number of fused-ring (bicyclic) bond motifs is 1. The number of anilines is 1. The summed E-state index contributed by atoms with van der Waals surface area (Å²) in [5.41, 5.74) is 2.83. The van der Waals surface area contributed by atoms with Gasteiger partial charge in [-0.3, -0.25) is 0 Å². The zero-order valence-corrected chi connectivity index (χ0v) is 11.2. The van der Waals surface area contributed by atoms with E-state index in [-0.39, 0.29) is 0 Å². The number of aryl methyl sites for hydroxylation is 1. The quantitative estimate of drug-likeness (QED) is 0.795. The van der Waals surface area contributed by atoms with Gasteiger partial charge in [-0.1, -0.05) is 17.7 Å². The van der Waals surface area contributed by atoms with Gasteiger partial charge >= 0.3 is 0 Å². The van der Waals surface area contributed by atoms with Crippen LogP contribution < -0.4 is 5.32 Å². The summed E-state index contributed by atoms with van der Waals surface area (Å²) >= 11 is 5.94. The van der Waals surface area contributed by atoms with Crippen molar-refractivity contribution in [3.8, 4) is 0 Å². The van der Waals surface area contributed by atoms with Gasteiger partial charge in [-0.05, 0) is 31.2 Å². The van der Waals surface area contributed by atoms with Gasteiger partial charge in [-0.2, -0.15) is 0 Å². The highest BCUT2D eigenvalue weighted by Gasteiger charge is 2.02. The highest BCUT2D eigenvalue weighted by molar-refractivity contribution is 6.30. The fourth-order valence-electron chi connectivity index (χ4n) is 1.92. The summed E-state index contributed by atoms with van der Waals surface area (Å²) in [7, 11) is 0. The fourth-order valence-corrected chi connectivity index (χ4v) is 2.09. The molecule has 4 nitrogen and oxygen atoms in total. The smallest absolute Gasteiger partial charge is 0.137 e. The number of aromatic nitrogens is 3. The van der Waals surface area contributed by atoms with Crippen LogP contribution in [0.25, 0.3) is 5.65 Å². The Morgan fingerprint density at radius 2 is 2.05 bits per heavy atom. The van der Waals surface area contributed by atoms with Gasteiger partial charge in [0, 0.05) is 18.1 Å². The van der Waals surface area contributed by atoms with E-state index >= 15 is 0 Å². The lowest BCUT2D eigenvalue weighted by Gasteiger charge is -2.03. The number of hydrogen-bond acceptors (Lipinski definition) is 3. The van der Waals surface area contributed by atoms with Crippen molar-refractivity contribution in [1.82, 2.24) is 14.4 Å². The van der Waals surface area contributed by atoms with Gasteiger partial charge in [0.2, 0.25) is 0 Å². The van der Waals surface area contributed by atoms with Gasteiger partial charge in [0.15, 0.2) is 0 Å². The lowest BCUT2D eigenvalue weighted by atomic mass is 10.3. The van der Waals surface area contributed by atoms with Crippen LogP contribution in [0.15, 0.2) is 42.7 Å². The molecule has 0 saturated heterocycles. The summed E-state index contributed by atoms with van der Waals surface area (Å²) in [5.74, 6) is 0.857. The molecule has 19 heavy (non-hydrogen) atoms. The summed E-state index contributed by atoms with van der Waals surface area (Å²) in [6, 6.07) is 9.63. The number of imidazole rings is 1. The molecule has 1 N–H and O–H groups in total. The first-order valence-corrected chi connectivity index (χ1v) is 6.39. The van der Waals surface area contributed by atoms with Crippen LogP contribution in [0.1, 0.15) is 11.4 Å². The molecule has 0 bridgehead atoms. The van der Waals surface area contributed by atoms with Crippen molar-refractivity contribution in [3.05, 3.63) is 59.1 Å². The van der Waals surface area contributed by atoms with E-state index in [1.807, 2.05) is 54.0 Å². The van der Waals surface area contributed by atoms with E-state index in [4.69, 9.17) is 11.6 Å². The Bertz CT molecular complexity index is 720. The second kappa shape index (κ2) is 4.90. The number of halogens is 1. The fraction of sp³-hybridized carbons (Fsp3) is 0.143. The van der Waals surface area contributed by atoms with Crippen molar-refractivity contribution in [2.24, 2.45) is 0 Å². The predicted molar refractivity (Wildman–Crippen MR) is 76.5 cm³/mol. The first-order valence-electron chi connectivity index (χ1n) is 6.01. The maximum Gasteiger partial charge on any atom is 0.137 e. The van der Waals surface area contributed by atoms with E-state index in [0.717, 1.165) is 22.9 Å². The Labute approximate surface area is 116 Å². The first-order chi connectivity index (χ1) is 9.20. The second-order valence-corrected chi connectivity index (χ2v) is 4.80. The van der Waals surface area contributed by atoms with Crippen LogP contribution >= 0.6 is 11.6 Å². The standard InChI is InChI=1S/C14H13ClN4/c1-10-3-2-4-13(17-10)16-7-12-9-19-8-11(15)5-6-14(19)18-12/h2-6,8-9H,7H2,1H3,(H,16,17). The molecule has 0 aliphatic rings. The Morgan fingerprint density at radius 3 is 2.89 bits per heavy atom. The third kappa shape index (κ3) is 2.69. The summed E-state index contributed by atoms with van der Waals surface area (Å²) in [6.45, 7) is 2.61. The zero-order valence-electron chi connectivity index (χ0n) is 10.5. The molecule has 0 unspecified atom stereocenters. The lowest BCUT2D eigenvalue weighted by Crippen LogP contribution is -2.01. The molecule has 3 aromatic heterocycles. The third-order valence-electron chi connectivity index (χ3n) is 2.80. The summed E-state index contributed by atoms with van der Waals surface area (Å²) < 4.78 is 1.92. The molecule has 0 spiro atoms. The minimum atomic E-state index is 0.635. The number of pyridine rings is 2. The summed E-state index contributed by atoms with van der Waals surface area (Å²) in [6.07, 6.45) is 3.81. The van der Waals surface area contributed by atoms with Crippen molar-refractivity contribution in [2.45, 2.75) is 13.5 Å². The van der Waals surface area contributed by atoms with Crippen LogP contribution in [0, 0.1) is 6.92 Å². The van der Waals surface area contributed by atoms with E-state index in [2.05, 4.69) is 15.3 Å². The van der Waals surface area contributed by atoms with Crippen LogP contribution in [-0.4, -0.2) is 14.4 Å². The molecule has 3 aromatic rings. The van der Waals surface area contributed by atoms with Crippen LogP contribution in [-0.2, 0) is 6.54 Å². The molecular weight excluding hydrogens is 260 g/mol. The van der Waals surface area contributed by atoms with Crippen LogP contribution in [0.4, 0.5) is 5.82 Å². The average Bonchev–Trinajstić information content (AvgIpc) is 2.78. The molecule has 0 atom stereocenters. The molecule has 5 heteroatoms. The van der Waals surface area contributed by atoms with E-state index in [9.17, 15) is 0 Å². The van der Waals surface area contributed by atoms with E-state index in [1.165, 1.54) is 0 Å². The monoisotopic (exact) mass is 272 g/mol. The number of nitrogens with zero attached hydrogens (tertiary/aromatic N) is 3. The molecular formula is C14H13ClN4. The van der Waals surface area contributed by atoms with Crippen LogP contribution in [0.5, 0.6) is 0 Å². The van der Waals surface area contributed by atoms with Gasteiger partial charge in [0.05, 0.1) is 17.3 Å². The van der Waals surface area contributed by atoms with E-state index in [0.29, 0.717) is 11.6 Å². The average molecular weight is 273 g/mol. The molecule has 0 aliphatic carbocycles. The largest absolute Gasteiger partial charge is 0.364 e. The van der Waals surface area contributed by atoms with Gasteiger partial charge in [0.25, 0.3) is 0 Å². The topological polar surface area (TPSA) is 42.2 Å². The predicted octanol–water partition coefficient (Wildman–Crippen LogP) is 3.30. The second-order valence-electron chi connectivity index (χ2n) is 4.36. The molecule has 0 radical (unpaired) electrons. The van der Waals surface area contributed by atoms with Crippen LogP contribution in [0.3, 0.4) is 0 Å². The minimum absolute atomic E-state index is 0.635. The van der Waals surface area contributed by atoms with Crippen molar-refractivity contribution in [1.29, 1.82) is 0 Å². The summed E-state index contributed by atoms with van der Waals surface area (Å²) in [5, 5.41) is 3.96. The lowest BCUT2D eigenvalue weighted by molar-refractivity contribution is 1.05. The first kappa shape index (κ1) is 12.0. The molecule has 0 amide bonds. The van der Waals surface area contributed by atoms with Crippen molar-refractivity contribution >= 4 is 23.1 Å². The van der Waals surface area contributed by atoms with E-state index in [1.54, 1.807) is 0 Å². The van der Waals surface area contributed by atoms with E-state index < -0.39 is 0 Å². The highest BCUT2D eigenvalue weighted by atomic mass is 35.5. The molecule has 0 fully saturated rings. The normalized spacial score (nSPS) is 10.8. The Morgan fingerprint density at radius 1 is 1.16 bits per heavy atom. The third-order valence-corrected chi connectivity index (χ3v) is 3.03. The summed E-state index contributed by atoms with van der Waals surface area (Å²) in [4.78, 5) is 8.89. The molecule has 0 aliphatic heterocycles. The number of hydrogen-bond donors (Lipinski definition) is 1. The Kier molecular flexibility index (Phi) is 3.09. The van der Waals surface area contributed by atoms with Gasteiger partial charge in [0.1, 0.15) is 11.5 Å². The van der Waals surface area contributed by atoms with Gasteiger partial charge in [-0.15, -0.1) is 0 Å². The maximum atomic E-state index is 5.94. The Hall–Kier alpha value is -2.07. The molecule has 0 aromatic carbocycles. The molecule has 3 rings (SSSR count). The van der Waals surface area contributed by atoms with Crippen LogP contribution in [0.2, 0.25) is 5.02 Å². The SMILES string of the molecule is Cc1cccc(NCc2cn3cc(Cl)ccc3n2)n1. The minimum Gasteiger partial charge on any atom is -0.364 e.